The van der Waals surface area contributed by atoms with Crippen LogP contribution in [-0.4, -0.2) is 20.3 Å². The monoisotopic (exact) mass is 405 g/mol. The fraction of sp³-hybridized carbons (Fsp3) is 0.385. The van der Waals surface area contributed by atoms with Crippen molar-refractivity contribution < 1.29 is 14.2 Å². The molecule has 0 radical (unpaired) electrons. The van der Waals surface area contributed by atoms with Crippen LogP contribution in [0.25, 0.3) is 0 Å². The number of hydrogen-bond acceptors (Lipinski definition) is 4. The topological polar surface area (TPSA) is 53.7 Å². The molecule has 30 heavy (non-hydrogen) atoms. The molecule has 3 atom stereocenters. The maximum atomic E-state index is 6.91. The second kappa shape index (κ2) is 8.97. The Balaban J connectivity index is 1.95. The van der Waals surface area contributed by atoms with Gasteiger partial charge in [0.1, 0.15) is 6.10 Å². The van der Waals surface area contributed by atoms with Crippen LogP contribution in [0.3, 0.4) is 0 Å². The van der Waals surface area contributed by atoms with Crippen molar-refractivity contribution in [1.29, 1.82) is 0 Å². The van der Waals surface area contributed by atoms with Crippen molar-refractivity contribution in [3.63, 3.8) is 0 Å². The van der Waals surface area contributed by atoms with Crippen molar-refractivity contribution in [2.75, 3.05) is 20.0 Å². The highest BCUT2D eigenvalue weighted by Crippen LogP contribution is 2.45. The standard InChI is InChI=1S/C26H31NO3/c1-4-7-23-18-9-5-8-17(12-13-18)20-15-14-19(27)16-22(20)25(30-23)21-10-6-11-24(28-2)26(21)29-3/h5-6,8-11,14-17,23,25H,4,7,12-13,27H2,1-3H3/t17?,23-,25-/m1/s1. The minimum atomic E-state index is -0.291. The summed E-state index contributed by atoms with van der Waals surface area (Å²) in [6, 6.07) is 12.2. The molecule has 2 aromatic rings. The molecule has 0 saturated heterocycles. The third kappa shape index (κ3) is 3.84. The van der Waals surface area contributed by atoms with Gasteiger partial charge in [0.25, 0.3) is 0 Å². The van der Waals surface area contributed by atoms with E-state index < -0.39 is 0 Å². The lowest BCUT2D eigenvalue weighted by molar-refractivity contribution is 0.0219. The van der Waals surface area contributed by atoms with Gasteiger partial charge in [-0.25, -0.2) is 0 Å². The number of benzene rings is 2. The van der Waals surface area contributed by atoms with E-state index in [1.54, 1.807) is 14.2 Å². The van der Waals surface area contributed by atoms with Crippen molar-refractivity contribution in [1.82, 2.24) is 0 Å². The lowest BCUT2D eigenvalue weighted by atomic mass is 9.86. The first-order valence-corrected chi connectivity index (χ1v) is 10.8. The smallest absolute Gasteiger partial charge is 0.166 e. The Morgan fingerprint density at radius 3 is 2.70 bits per heavy atom. The third-order valence-corrected chi connectivity index (χ3v) is 6.17. The molecule has 4 nitrogen and oxygen atoms in total. The second-order valence-electron chi connectivity index (χ2n) is 8.04. The Morgan fingerprint density at radius 2 is 1.93 bits per heavy atom. The Kier molecular flexibility index (Phi) is 6.14. The van der Waals surface area contributed by atoms with Crippen LogP contribution in [0.15, 0.2) is 60.2 Å². The normalized spacial score (nSPS) is 22.9. The van der Waals surface area contributed by atoms with Gasteiger partial charge in [-0.15, -0.1) is 0 Å². The molecule has 1 aliphatic heterocycles. The van der Waals surface area contributed by atoms with Gasteiger partial charge in [0, 0.05) is 17.2 Å². The van der Waals surface area contributed by atoms with Crippen LogP contribution in [0.1, 0.15) is 61.3 Å². The molecule has 2 bridgehead atoms. The number of fused-ring (bicyclic) bond motifs is 5. The first-order chi connectivity index (χ1) is 14.7. The number of hydrogen-bond donors (Lipinski definition) is 1. The lowest BCUT2D eigenvalue weighted by Gasteiger charge is -2.29. The summed E-state index contributed by atoms with van der Waals surface area (Å²) in [5, 5.41) is 0. The Morgan fingerprint density at radius 1 is 1.07 bits per heavy atom. The number of nitrogen functional groups attached to an aromatic ring is 1. The van der Waals surface area contributed by atoms with E-state index in [0.717, 1.165) is 42.5 Å². The number of nitrogens with two attached hydrogens (primary N) is 1. The van der Waals surface area contributed by atoms with Gasteiger partial charge in [-0.3, -0.25) is 0 Å². The summed E-state index contributed by atoms with van der Waals surface area (Å²) < 4.78 is 18.3. The second-order valence-corrected chi connectivity index (χ2v) is 8.04. The van der Waals surface area contributed by atoms with Gasteiger partial charge in [-0.2, -0.15) is 0 Å². The summed E-state index contributed by atoms with van der Waals surface area (Å²) in [5.41, 5.74) is 11.7. The van der Waals surface area contributed by atoms with Crippen molar-refractivity contribution >= 4 is 5.69 Å². The molecule has 4 heteroatoms. The average molecular weight is 406 g/mol. The summed E-state index contributed by atoms with van der Waals surface area (Å²) >= 11 is 0. The van der Waals surface area contributed by atoms with Gasteiger partial charge >= 0.3 is 0 Å². The first-order valence-electron chi connectivity index (χ1n) is 10.8. The van der Waals surface area contributed by atoms with Gasteiger partial charge in [0.2, 0.25) is 0 Å². The molecule has 2 aliphatic rings. The zero-order valence-corrected chi connectivity index (χ0v) is 18.1. The van der Waals surface area contributed by atoms with Gasteiger partial charge in [-0.1, -0.05) is 49.8 Å². The van der Waals surface area contributed by atoms with E-state index in [2.05, 4.69) is 43.4 Å². The van der Waals surface area contributed by atoms with Crippen LogP contribution in [0.2, 0.25) is 0 Å². The fourth-order valence-corrected chi connectivity index (χ4v) is 4.70. The van der Waals surface area contributed by atoms with Crippen LogP contribution in [0, 0.1) is 0 Å². The van der Waals surface area contributed by atoms with Crippen LogP contribution >= 0.6 is 0 Å². The molecule has 158 valence electrons. The molecule has 4 rings (SSSR count). The van der Waals surface area contributed by atoms with Gasteiger partial charge in [-0.05, 0) is 54.2 Å². The summed E-state index contributed by atoms with van der Waals surface area (Å²) in [6.45, 7) is 2.21. The predicted molar refractivity (Wildman–Crippen MR) is 121 cm³/mol. The molecule has 0 amide bonds. The maximum Gasteiger partial charge on any atom is 0.166 e. The summed E-state index contributed by atoms with van der Waals surface area (Å²) in [5.74, 6) is 1.75. The van der Waals surface area contributed by atoms with Crippen molar-refractivity contribution in [3.8, 4) is 11.5 Å². The van der Waals surface area contributed by atoms with E-state index in [1.807, 2.05) is 18.2 Å². The summed E-state index contributed by atoms with van der Waals surface area (Å²) in [6.07, 6.45) is 10.7. The number of methoxy groups -OCH3 is 2. The molecule has 0 aromatic heterocycles. The highest BCUT2D eigenvalue weighted by molar-refractivity contribution is 5.55. The van der Waals surface area contributed by atoms with Gasteiger partial charge in [0.05, 0.1) is 20.3 Å². The number of allylic oxidation sites excluding steroid dienone is 3. The fourth-order valence-electron chi connectivity index (χ4n) is 4.70. The molecule has 2 N–H and O–H groups in total. The van der Waals surface area contributed by atoms with E-state index in [4.69, 9.17) is 19.9 Å². The van der Waals surface area contributed by atoms with Crippen LogP contribution in [0.4, 0.5) is 5.69 Å². The van der Waals surface area contributed by atoms with E-state index >= 15 is 0 Å². The minimum Gasteiger partial charge on any atom is -0.493 e. The number of para-hydroxylation sites is 1. The summed E-state index contributed by atoms with van der Waals surface area (Å²) in [4.78, 5) is 0. The predicted octanol–water partition coefficient (Wildman–Crippen LogP) is 5.93. The van der Waals surface area contributed by atoms with E-state index in [9.17, 15) is 0 Å². The number of anilines is 1. The third-order valence-electron chi connectivity index (χ3n) is 6.17. The van der Waals surface area contributed by atoms with E-state index in [-0.39, 0.29) is 12.2 Å². The quantitative estimate of drug-likeness (QED) is 0.626. The largest absolute Gasteiger partial charge is 0.493 e. The Labute approximate surface area is 179 Å². The Hall–Kier alpha value is -2.72. The molecule has 1 heterocycles. The molecule has 0 fully saturated rings. The first kappa shape index (κ1) is 20.5. The van der Waals surface area contributed by atoms with E-state index in [0.29, 0.717) is 17.4 Å². The zero-order chi connectivity index (χ0) is 21.1. The van der Waals surface area contributed by atoms with Crippen molar-refractivity contribution in [2.45, 2.75) is 50.7 Å². The van der Waals surface area contributed by atoms with Gasteiger partial charge in [0.15, 0.2) is 11.5 Å². The van der Waals surface area contributed by atoms with Gasteiger partial charge < -0.3 is 19.9 Å². The average Bonchev–Trinajstić information content (AvgIpc) is 2.99. The minimum absolute atomic E-state index is 0.0479. The van der Waals surface area contributed by atoms with Crippen molar-refractivity contribution in [2.24, 2.45) is 0 Å². The molecule has 1 unspecified atom stereocenters. The van der Waals surface area contributed by atoms with Crippen LogP contribution < -0.4 is 15.2 Å². The number of rotatable bonds is 5. The lowest BCUT2D eigenvalue weighted by Crippen LogP contribution is -2.21. The van der Waals surface area contributed by atoms with Crippen LogP contribution in [-0.2, 0) is 4.74 Å². The molecule has 2 aromatic carbocycles. The zero-order valence-electron chi connectivity index (χ0n) is 18.1. The molecule has 0 saturated carbocycles. The highest BCUT2D eigenvalue weighted by atomic mass is 16.5. The van der Waals surface area contributed by atoms with Crippen LogP contribution in [0.5, 0.6) is 11.5 Å². The molecule has 0 spiro atoms. The Bertz CT molecular complexity index is 963. The molecular formula is C26H31NO3. The van der Waals surface area contributed by atoms with Crippen molar-refractivity contribution in [3.05, 3.63) is 76.9 Å². The molecular weight excluding hydrogens is 374 g/mol. The SMILES string of the molecule is CCC[C@H]1O[C@H](c2cccc(OC)c2OC)c2cc(N)ccc2C2C=CC=C1CC2. The molecule has 1 aliphatic carbocycles. The van der Waals surface area contributed by atoms with E-state index in [1.165, 1.54) is 11.1 Å². The number of ether oxygens (including phenoxy) is 3. The summed E-state index contributed by atoms with van der Waals surface area (Å²) in [7, 11) is 3.35. The highest BCUT2D eigenvalue weighted by Gasteiger charge is 2.32. The maximum absolute atomic E-state index is 6.91.